The van der Waals surface area contributed by atoms with Gasteiger partial charge in [-0.3, -0.25) is 0 Å². The SMILES string of the molecule is NCCOCCNCC1CCCCO1. The average molecular weight is 202 g/mol. The molecular formula is C10H22N2O2. The summed E-state index contributed by atoms with van der Waals surface area (Å²) in [4.78, 5) is 0. The Bertz CT molecular complexity index is 127. The maximum absolute atomic E-state index is 5.58. The fourth-order valence-corrected chi connectivity index (χ4v) is 1.56. The van der Waals surface area contributed by atoms with E-state index in [4.69, 9.17) is 15.2 Å². The average Bonchev–Trinajstić information content (AvgIpc) is 2.25. The van der Waals surface area contributed by atoms with Gasteiger partial charge in [0.1, 0.15) is 0 Å². The van der Waals surface area contributed by atoms with E-state index in [1.807, 2.05) is 0 Å². The molecule has 0 saturated carbocycles. The van der Waals surface area contributed by atoms with Crippen molar-refractivity contribution in [2.45, 2.75) is 25.4 Å². The molecule has 1 aliphatic heterocycles. The summed E-state index contributed by atoms with van der Waals surface area (Å²) in [7, 11) is 0. The molecule has 0 aromatic heterocycles. The van der Waals surface area contributed by atoms with Crippen LogP contribution in [0.2, 0.25) is 0 Å². The summed E-state index contributed by atoms with van der Waals surface area (Å²) in [5, 5.41) is 3.32. The largest absolute Gasteiger partial charge is 0.379 e. The lowest BCUT2D eigenvalue weighted by atomic mass is 10.1. The van der Waals surface area contributed by atoms with E-state index >= 15 is 0 Å². The van der Waals surface area contributed by atoms with Crippen molar-refractivity contribution >= 4 is 0 Å². The van der Waals surface area contributed by atoms with E-state index < -0.39 is 0 Å². The van der Waals surface area contributed by atoms with Crippen LogP contribution in [0.15, 0.2) is 0 Å². The highest BCUT2D eigenvalue weighted by atomic mass is 16.5. The summed E-state index contributed by atoms with van der Waals surface area (Å²) in [5.74, 6) is 0. The molecule has 84 valence electrons. The molecule has 1 saturated heterocycles. The fourth-order valence-electron chi connectivity index (χ4n) is 1.56. The standard InChI is InChI=1S/C10H22N2O2/c11-4-7-13-8-5-12-9-10-3-1-2-6-14-10/h10,12H,1-9,11H2. The Kier molecular flexibility index (Phi) is 6.95. The van der Waals surface area contributed by atoms with Crippen molar-refractivity contribution < 1.29 is 9.47 Å². The molecule has 3 N–H and O–H groups in total. The molecule has 0 aromatic carbocycles. The molecule has 4 nitrogen and oxygen atoms in total. The lowest BCUT2D eigenvalue weighted by Gasteiger charge is -2.22. The van der Waals surface area contributed by atoms with Gasteiger partial charge in [-0.2, -0.15) is 0 Å². The summed E-state index contributed by atoms with van der Waals surface area (Å²) in [6.07, 6.45) is 4.13. The number of nitrogens with two attached hydrogens (primary N) is 1. The second-order valence-electron chi connectivity index (χ2n) is 3.59. The maximum atomic E-state index is 5.58. The monoisotopic (exact) mass is 202 g/mol. The molecule has 0 radical (unpaired) electrons. The zero-order chi connectivity index (χ0) is 10.1. The van der Waals surface area contributed by atoms with Gasteiger partial charge in [-0.1, -0.05) is 0 Å². The summed E-state index contributed by atoms with van der Waals surface area (Å²) in [6, 6.07) is 0. The second kappa shape index (κ2) is 8.17. The first-order chi connectivity index (χ1) is 6.93. The van der Waals surface area contributed by atoms with Gasteiger partial charge >= 0.3 is 0 Å². The van der Waals surface area contributed by atoms with Crippen molar-refractivity contribution in [1.29, 1.82) is 0 Å². The van der Waals surface area contributed by atoms with E-state index in [0.29, 0.717) is 19.3 Å². The highest BCUT2D eigenvalue weighted by Crippen LogP contribution is 2.11. The van der Waals surface area contributed by atoms with Crippen molar-refractivity contribution in [2.24, 2.45) is 5.73 Å². The van der Waals surface area contributed by atoms with Crippen LogP contribution in [0, 0.1) is 0 Å². The van der Waals surface area contributed by atoms with Crippen molar-refractivity contribution in [3.05, 3.63) is 0 Å². The summed E-state index contributed by atoms with van der Waals surface area (Å²) in [6.45, 7) is 4.76. The normalized spacial score (nSPS) is 22.5. The lowest BCUT2D eigenvalue weighted by molar-refractivity contribution is 0.0158. The molecule has 0 aliphatic carbocycles. The van der Waals surface area contributed by atoms with Crippen LogP contribution in [-0.4, -0.2) is 45.6 Å². The Labute approximate surface area is 86.1 Å². The quantitative estimate of drug-likeness (QED) is 0.576. The van der Waals surface area contributed by atoms with Gasteiger partial charge in [0.15, 0.2) is 0 Å². The van der Waals surface area contributed by atoms with E-state index in [1.54, 1.807) is 0 Å². The Morgan fingerprint density at radius 1 is 1.36 bits per heavy atom. The first kappa shape index (κ1) is 11.9. The van der Waals surface area contributed by atoms with Crippen LogP contribution in [0.5, 0.6) is 0 Å². The second-order valence-corrected chi connectivity index (χ2v) is 3.59. The molecule has 1 heterocycles. The van der Waals surface area contributed by atoms with Gasteiger partial charge in [0.2, 0.25) is 0 Å². The Morgan fingerprint density at radius 3 is 3.00 bits per heavy atom. The predicted molar refractivity (Wildman–Crippen MR) is 56.3 cm³/mol. The predicted octanol–water partition coefficient (Wildman–Crippen LogP) is 0.120. The molecule has 14 heavy (non-hydrogen) atoms. The fraction of sp³-hybridized carbons (Fsp3) is 1.00. The zero-order valence-electron chi connectivity index (χ0n) is 8.84. The molecule has 0 aromatic rings. The van der Waals surface area contributed by atoms with Crippen LogP contribution in [0.1, 0.15) is 19.3 Å². The Morgan fingerprint density at radius 2 is 2.29 bits per heavy atom. The smallest absolute Gasteiger partial charge is 0.0699 e. The Hall–Kier alpha value is -0.160. The first-order valence-corrected chi connectivity index (χ1v) is 5.53. The van der Waals surface area contributed by atoms with Crippen LogP contribution >= 0.6 is 0 Å². The molecule has 0 bridgehead atoms. The van der Waals surface area contributed by atoms with E-state index in [-0.39, 0.29) is 0 Å². The Balaban J connectivity index is 1.82. The van der Waals surface area contributed by atoms with E-state index in [1.165, 1.54) is 19.3 Å². The van der Waals surface area contributed by atoms with Gasteiger partial charge in [0.25, 0.3) is 0 Å². The van der Waals surface area contributed by atoms with Crippen LogP contribution in [0.3, 0.4) is 0 Å². The van der Waals surface area contributed by atoms with Gasteiger partial charge in [-0.05, 0) is 19.3 Å². The van der Waals surface area contributed by atoms with E-state index in [9.17, 15) is 0 Å². The highest BCUT2D eigenvalue weighted by molar-refractivity contribution is 4.65. The number of hydrogen-bond acceptors (Lipinski definition) is 4. The molecule has 1 fully saturated rings. The zero-order valence-corrected chi connectivity index (χ0v) is 8.84. The third-order valence-corrected chi connectivity index (χ3v) is 2.33. The lowest BCUT2D eigenvalue weighted by Crippen LogP contribution is -2.33. The van der Waals surface area contributed by atoms with Gasteiger partial charge < -0.3 is 20.5 Å². The number of hydrogen-bond donors (Lipinski definition) is 2. The minimum absolute atomic E-state index is 0.415. The summed E-state index contributed by atoms with van der Waals surface area (Å²) >= 11 is 0. The molecule has 1 aliphatic rings. The van der Waals surface area contributed by atoms with Crippen LogP contribution in [-0.2, 0) is 9.47 Å². The van der Waals surface area contributed by atoms with Crippen molar-refractivity contribution in [2.75, 3.05) is 39.5 Å². The van der Waals surface area contributed by atoms with Gasteiger partial charge in [0.05, 0.1) is 19.3 Å². The molecule has 0 amide bonds. The van der Waals surface area contributed by atoms with Crippen LogP contribution < -0.4 is 11.1 Å². The minimum atomic E-state index is 0.415. The highest BCUT2D eigenvalue weighted by Gasteiger charge is 2.12. The third kappa shape index (κ3) is 5.54. The van der Waals surface area contributed by atoms with Gasteiger partial charge in [-0.15, -0.1) is 0 Å². The number of rotatable bonds is 7. The summed E-state index contributed by atoms with van der Waals surface area (Å²) < 4.78 is 10.8. The molecule has 1 rings (SSSR count). The summed E-state index contributed by atoms with van der Waals surface area (Å²) in [5.41, 5.74) is 5.29. The topological polar surface area (TPSA) is 56.5 Å². The molecule has 0 spiro atoms. The van der Waals surface area contributed by atoms with Gasteiger partial charge in [0, 0.05) is 26.2 Å². The molecule has 1 unspecified atom stereocenters. The van der Waals surface area contributed by atoms with Crippen molar-refractivity contribution in [3.63, 3.8) is 0 Å². The molecule has 4 heteroatoms. The maximum Gasteiger partial charge on any atom is 0.0699 e. The van der Waals surface area contributed by atoms with Gasteiger partial charge in [-0.25, -0.2) is 0 Å². The van der Waals surface area contributed by atoms with Crippen LogP contribution in [0.4, 0.5) is 0 Å². The number of nitrogens with one attached hydrogen (secondary N) is 1. The van der Waals surface area contributed by atoms with E-state index in [0.717, 1.165) is 26.3 Å². The molecule has 1 atom stereocenters. The van der Waals surface area contributed by atoms with Crippen LogP contribution in [0.25, 0.3) is 0 Å². The number of ether oxygens (including phenoxy) is 2. The van der Waals surface area contributed by atoms with Crippen molar-refractivity contribution in [3.8, 4) is 0 Å². The minimum Gasteiger partial charge on any atom is -0.379 e. The third-order valence-electron chi connectivity index (χ3n) is 2.33. The van der Waals surface area contributed by atoms with E-state index in [2.05, 4.69) is 5.32 Å². The molecular weight excluding hydrogens is 180 g/mol. The first-order valence-electron chi connectivity index (χ1n) is 5.53. The van der Waals surface area contributed by atoms with Crippen molar-refractivity contribution in [1.82, 2.24) is 5.32 Å².